The van der Waals surface area contributed by atoms with Crippen LogP contribution in [-0.4, -0.2) is 44.0 Å². The zero-order valence-electron chi connectivity index (χ0n) is 15.3. The molecule has 7 nitrogen and oxygen atoms in total. The third-order valence-corrected chi connectivity index (χ3v) is 4.94. The molecule has 0 unspecified atom stereocenters. The number of halogens is 1. The van der Waals surface area contributed by atoms with Crippen LogP contribution in [-0.2, 0) is 17.6 Å². The second-order valence-corrected chi connectivity index (χ2v) is 6.94. The van der Waals surface area contributed by atoms with E-state index in [4.69, 9.17) is 4.52 Å². The maximum absolute atomic E-state index is 13.3. The molecule has 8 heteroatoms. The Morgan fingerprint density at radius 3 is 2.86 bits per heavy atom. The number of carbonyl (C=O) groups excluding carboxylic acids is 1. The largest absolute Gasteiger partial charge is 0.342 e. The molecule has 0 saturated carbocycles. The minimum absolute atomic E-state index is 0.0341. The third-order valence-electron chi connectivity index (χ3n) is 4.94. The summed E-state index contributed by atoms with van der Waals surface area (Å²) in [6.45, 7) is 1.37. The van der Waals surface area contributed by atoms with Crippen LogP contribution in [0.3, 0.4) is 0 Å². The van der Waals surface area contributed by atoms with E-state index in [-0.39, 0.29) is 18.1 Å². The van der Waals surface area contributed by atoms with Crippen molar-refractivity contribution in [2.75, 3.05) is 13.1 Å². The molecule has 0 aliphatic carbocycles. The highest BCUT2D eigenvalue weighted by Crippen LogP contribution is 2.23. The van der Waals surface area contributed by atoms with Gasteiger partial charge in [0.25, 0.3) is 0 Å². The first-order valence-corrected chi connectivity index (χ1v) is 9.28. The first-order valence-electron chi connectivity index (χ1n) is 9.28. The van der Waals surface area contributed by atoms with Gasteiger partial charge in [-0.15, -0.1) is 0 Å². The van der Waals surface area contributed by atoms with Gasteiger partial charge in [-0.25, -0.2) is 9.37 Å². The lowest BCUT2D eigenvalue weighted by Crippen LogP contribution is -2.39. The van der Waals surface area contributed by atoms with Gasteiger partial charge in [0, 0.05) is 31.9 Å². The number of aromatic nitrogens is 4. The van der Waals surface area contributed by atoms with Gasteiger partial charge in [0.2, 0.25) is 17.6 Å². The van der Waals surface area contributed by atoms with E-state index in [9.17, 15) is 9.18 Å². The molecule has 1 amide bonds. The highest BCUT2D eigenvalue weighted by atomic mass is 19.1. The molecule has 1 fully saturated rings. The van der Waals surface area contributed by atoms with E-state index in [1.54, 1.807) is 30.7 Å². The highest BCUT2D eigenvalue weighted by molar-refractivity contribution is 5.78. The van der Waals surface area contributed by atoms with Crippen LogP contribution in [0.2, 0.25) is 0 Å². The molecule has 0 N–H and O–H groups in total. The van der Waals surface area contributed by atoms with Gasteiger partial charge in [-0.1, -0.05) is 17.3 Å². The molecular formula is C20H20FN5O2. The summed E-state index contributed by atoms with van der Waals surface area (Å²) >= 11 is 0. The van der Waals surface area contributed by atoms with Crippen LogP contribution >= 0.6 is 0 Å². The molecule has 144 valence electrons. The van der Waals surface area contributed by atoms with Crippen molar-refractivity contribution in [1.29, 1.82) is 0 Å². The fourth-order valence-electron chi connectivity index (χ4n) is 3.42. The molecule has 1 aliphatic heterocycles. The van der Waals surface area contributed by atoms with Crippen LogP contribution in [0.4, 0.5) is 4.39 Å². The minimum Gasteiger partial charge on any atom is -0.342 e. The molecule has 0 atom stereocenters. The number of carbonyl (C=O) groups is 1. The van der Waals surface area contributed by atoms with Crippen LogP contribution < -0.4 is 0 Å². The molecule has 1 saturated heterocycles. The van der Waals surface area contributed by atoms with E-state index < -0.39 is 0 Å². The molecular weight excluding hydrogens is 361 g/mol. The summed E-state index contributed by atoms with van der Waals surface area (Å²) in [5.41, 5.74) is 1.28. The Kier molecular flexibility index (Phi) is 5.36. The summed E-state index contributed by atoms with van der Waals surface area (Å²) in [7, 11) is 0. The van der Waals surface area contributed by atoms with Gasteiger partial charge in [0.05, 0.1) is 12.6 Å². The van der Waals surface area contributed by atoms with Crippen molar-refractivity contribution in [3.63, 3.8) is 0 Å². The molecule has 4 rings (SSSR count). The van der Waals surface area contributed by atoms with Crippen LogP contribution in [0.1, 0.15) is 24.3 Å². The van der Waals surface area contributed by atoms with Crippen molar-refractivity contribution in [2.45, 2.75) is 25.7 Å². The van der Waals surface area contributed by atoms with Gasteiger partial charge in [-0.2, -0.15) is 4.98 Å². The lowest BCUT2D eigenvalue weighted by Gasteiger charge is -2.31. The average molecular weight is 381 g/mol. The maximum Gasteiger partial charge on any atom is 0.227 e. The van der Waals surface area contributed by atoms with Crippen molar-refractivity contribution in [3.05, 3.63) is 60.1 Å². The predicted octanol–water partition coefficient (Wildman–Crippen LogP) is 2.69. The molecule has 3 heterocycles. The van der Waals surface area contributed by atoms with E-state index in [0.717, 1.165) is 12.8 Å². The smallest absolute Gasteiger partial charge is 0.227 e. The van der Waals surface area contributed by atoms with Gasteiger partial charge >= 0.3 is 0 Å². The Hall–Kier alpha value is -3.16. The molecule has 2 aromatic heterocycles. The summed E-state index contributed by atoms with van der Waals surface area (Å²) in [6.07, 6.45) is 7.43. The van der Waals surface area contributed by atoms with Gasteiger partial charge in [-0.05, 0) is 36.5 Å². The van der Waals surface area contributed by atoms with Crippen LogP contribution in [0, 0.1) is 11.7 Å². The van der Waals surface area contributed by atoms with E-state index in [1.807, 2.05) is 4.90 Å². The number of benzene rings is 1. The van der Waals surface area contributed by atoms with Gasteiger partial charge < -0.3 is 9.42 Å². The topological polar surface area (TPSA) is 85.0 Å². The first kappa shape index (κ1) is 18.2. The zero-order valence-corrected chi connectivity index (χ0v) is 15.3. The Balaban J connectivity index is 1.28. The van der Waals surface area contributed by atoms with E-state index in [2.05, 4.69) is 20.1 Å². The SMILES string of the molecule is O=C(Cc1cccc(F)c1)N1CCC(Cc2nc(-c3cnccn3)no2)CC1. The molecule has 3 aromatic rings. The average Bonchev–Trinajstić information content (AvgIpc) is 3.18. The van der Waals surface area contributed by atoms with Gasteiger partial charge in [-0.3, -0.25) is 9.78 Å². The monoisotopic (exact) mass is 381 g/mol. The van der Waals surface area contributed by atoms with Crippen molar-refractivity contribution in [1.82, 2.24) is 25.0 Å². The van der Waals surface area contributed by atoms with Crippen molar-refractivity contribution in [3.8, 4) is 11.5 Å². The number of hydrogen-bond acceptors (Lipinski definition) is 6. The number of rotatable bonds is 5. The summed E-state index contributed by atoms with van der Waals surface area (Å²) in [5.74, 6) is 1.11. The van der Waals surface area contributed by atoms with Crippen LogP contribution in [0.15, 0.2) is 47.4 Å². The van der Waals surface area contributed by atoms with Crippen LogP contribution in [0.25, 0.3) is 11.5 Å². The number of likely N-dealkylation sites (tertiary alicyclic amines) is 1. The lowest BCUT2D eigenvalue weighted by atomic mass is 9.93. The normalized spacial score (nSPS) is 15.0. The fourth-order valence-corrected chi connectivity index (χ4v) is 3.42. The molecule has 0 bridgehead atoms. The number of amides is 1. The Labute approximate surface area is 161 Å². The maximum atomic E-state index is 13.3. The zero-order chi connectivity index (χ0) is 19.3. The second kappa shape index (κ2) is 8.24. The first-order chi connectivity index (χ1) is 13.7. The highest BCUT2D eigenvalue weighted by Gasteiger charge is 2.25. The minimum atomic E-state index is -0.315. The Morgan fingerprint density at radius 1 is 1.25 bits per heavy atom. The Morgan fingerprint density at radius 2 is 2.11 bits per heavy atom. The lowest BCUT2D eigenvalue weighted by molar-refractivity contribution is -0.131. The predicted molar refractivity (Wildman–Crippen MR) is 98.4 cm³/mol. The molecule has 1 aliphatic rings. The van der Waals surface area contributed by atoms with E-state index in [1.165, 1.54) is 12.1 Å². The van der Waals surface area contributed by atoms with E-state index >= 15 is 0 Å². The number of piperidine rings is 1. The molecule has 0 spiro atoms. The molecule has 0 radical (unpaired) electrons. The number of hydrogen-bond donors (Lipinski definition) is 0. The summed E-state index contributed by atoms with van der Waals surface area (Å²) in [5, 5.41) is 3.97. The van der Waals surface area contributed by atoms with Gasteiger partial charge in [0.15, 0.2) is 0 Å². The quantitative estimate of drug-likeness (QED) is 0.676. The molecule has 28 heavy (non-hydrogen) atoms. The van der Waals surface area contributed by atoms with Crippen molar-refractivity contribution >= 4 is 5.91 Å². The van der Waals surface area contributed by atoms with Crippen LogP contribution in [0.5, 0.6) is 0 Å². The van der Waals surface area contributed by atoms with Crippen molar-refractivity contribution < 1.29 is 13.7 Å². The van der Waals surface area contributed by atoms with Crippen molar-refractivity contribution in [2.24, 2.45) is 5.92 Å². The second-order valence-electron chi connectivity index (χ2n) is 6.94. The standard InChI is InChI=1S/C20H20FN5O2/c21-16-3-1-2-15(10-16)12-19(27)26-8-4-14(5-9-26)11-18-24-20(25-28-18)17-13-22-6-7-23-17/h1-3,6-7,10,13-14H,4-5,8-9,11-12H2. The molecule has 1 aromatic carbocycles. The third kappa shape index (κ3) is 4.39. The Bertz CT molecular complexity index is 939. The van der Waals surface area contributed by atoms with Gasteiger partial charge in [0.1, 0.15) is 11.5 Å². The fraction of sp³-hybridized carbons (Fsp3) is 0.350. The summed E-state index contributed by atoms with van der Waals surface area (Å²) in [6, 6.07) is 6.20. The number of nitrogens with zero attached hydrogens (tertiary/aromatic N) is 5. The summed E-state index contributed by atoms with van der Waals surface area (Å²) in [4.78, 5) is 26.9. The summed E-state index contributed by atoms with van der Waals surface area (Å²) < 4.78 is 18.6. The van der Waals surface area contributed by atoms with E-state index in [0.29, 0.717) is 48.4 Å².